The van der Waals surface area contributed by atoms with Gasteiger partial charge in [0.25, 0.3) is 0 Å². The van der Waals surface area contributed by atoms with E-state index in [1.54, 1.807) is 17.4 Å². The van der Waals surface area contributed by atoms with Crippen LogP contribution in [0.1, 0.15) is 21.5 Å². The number of thiazole rings is 1. The molecule has 0 amide bonds. The first-order valence-electron chi connectivity index (χ1n) is 5.63. The maximum atomic E-state index is 13.1. The van der Waals surface area contributed by atoms with Crippen LogP contribution in [0.3, 0.4) is 0 Å². The molecule has 1 unspecified atom stereocenters. The molecule has 1 N–H and O–H groups in total. The van der Waals surface area contributed by atoms with Crippen molar-refractivity contribution >= 4 is 11.3 Å². The number of hydrogen-bond acceptors (Lipinski definition) is 3. The van der Waals surface area contributed by atoms with Gasteiger partial charge >= 0.3 is 0 Å². The molecule has 0 fully saturated rings. The predicted molar refractivity (Wildman–Crippen MR) is 68.7 cm³/mol. The van der Waals surface area contributed by atoms with Crippen LogP contribution in [0, 0.1) is 18.6 Å². The first kappa shape index (κ1) is 13.1. The summed E-state index contributed by atoms with van der Waals surface area (Å²) in [6.45, 7) is 1.94. The van der Waals surface area contributed by atoms with Gasteiger partial charge in [-0.2, -0.15) is 0 Å². The third-order valence-electron chi connectivity index (χ3n) is 2.75. The molecular weight excluding hydrogens is 254 g/mol. The SMILES string of the molecule is CNC(Cc1ccc(F)c(F)c1)c1cnc(C)s1. The summed E-state index contributed by atoms with van der Waals surface area (Å²) < 4.78 is 26.0. The van der Waals surface area contributed by atoms with Crippen LogP contribution in [0.5, 0.6) is 0 Å². The molecule has 2 rings (SSSR count). The fourth-order valence-corrected chi connectivity index (χ4v) is 2.68. The Hall–Kier alpha value is -1.33. The van der Waals surface area contributed by atoms with Gasteiger partial charge in [0.2, 0.25) is 0 Å². The zero-order chi connectivity index (χ0) is 13.1. The van der Waals surface area contributed by atoms with Gasteiger partial charge in [-0.25, -0.2) is 13.8 Å². The molecule has 0 saturated heterocycles. The number of benzene rings is 1. The normalized spacial score (nSPS) is 12.7. The lowest BCUT2D eigenvalue weighted by Crippen LogP contribution is -2.17. The Morgan fingerprint density at radius 2 is 2.11 bits per heavy atom. The molecule has 0 spiro atoms. The lowest BCUT2D eigenvalue weighted by atomic mass is 10.1. The zero-order valence-corrected chi connectivity index (χ0v) is 11.0. The largest absolute Gasteiger partial charge is 0.312 e. The number of rotatable bonds is 4. The molecule has 96 valence electrons. The zero-order valence-electron chi connectivity index (χ0n) is 10.2. The number of halogens is 2. The number of aryl methyl sites for hydroxylation is 1. The minimum absolute atomic E-state index is 0.0704. The monoisotopic (exact) mass is 268 g/mol. The predicted octanol–water partition coefficient (Wildman–Crippen LogP) is 3.23. The summed E-state index contributed by atoms with van der Waals surface area (Å²) in [5.41, 5.74) is 0.763. The third kappa shape index (κ3) is 2.91. The molecule has 1 aromatic carbocycles. The van der Waals surface area contributed by atoms with E-state index in [9.17, 15) is 8.78 Å². The van der Waals surface area contributed by atoms with Gasteiger partial charge in [-0.1, -0.05) is 6.07 Å². The summed E-state index contributed by atoms with van der Waals surface area (Å²) in [6, 6.07) is 4.08. The van der Waals surface area contributed by atoms with Crippen molar-refractivity contribution in [3.05, 3.63) is 51.5 Å². The van der Waals surface area contributed by atoms with Crippen molar-refractivity contribution in [2.45, 2.75) is 19.4 Å². The van der Waals surface area contributed by atoms with Crippen LogP contribution >= 0.6 is 11.3 Å². The number of nitrogens with one attached hydrogen (secondary N) is 1. The third-order valence-corrected chi connectivity index (χ3v) is 3.78. The molecule has 1 atom stereocenters. The minimum atomic E-state index is -0.812. The van der Waals surface area contributed by atoms with E-state index >= 15 is 0 Å². The van der Waals surface area contributed by atoms with Crippen molar-refractivity contribution in [1.29, 1.82) is 0 Å². The maximum Gasteiger partial charge on any atom is 0.159 e. The van der Waals surface area contributed by atoms with Crippen molar-refractivity contribution in [2.75, 3.05) is 7.05 Å². The van der Waals surface area contributed by atoms with Gasteiger partial charge in [-0.05, 0) is 38.1 Å². The van der Waals surface area contributed by atoms with E-state index in [-0.39, 0.29) is 6.04 Å². The first-order chi connectivity index (χ1) is 8.60. The molecule has 0 bridgehead atoms. The van der Waals surface area contributed by atoms with E-state index in [1.807, 2.05) is 20.2 Å². The molecule has 0 aliphatic rings. The standard InChI is InChI=1S/C13H14F2N2S/c1-8-17-7-13(18-8)12(16-2)6-9-3-4-10(14)11(15)5-9/h3-5,7,12,16H,6H2,1-2H3. The second-order valence-electron chi connectivity index (χ2n) is 4.08. The average molecular weight is 268 g/mol. The highest BCUT2D eigenvalue weighted by Crippen LogP contribution is 2.24. The number of hydrogen-bond donors (Lipinski definition) is 1. The molecule has 5 heteroatoms. The second-order valence-corrected chi connectivity index (χ2v) is 5.34. The summed E-state index contributed by atoms with van der Waals surface area (Å²) in [6.07, 6.45) is 2.43. The Kier molecular flexibility index (Phi) is 4.04. The molecule has 2 nitrogen and oxygen atoms in total. The average Bonchev–Trinajstić information content (AvgIpc) is 2.77. The van der Waals surface area contributed by atoms with Gasteiger partial charge < -0.3 is 5.32 Å². The van der Waals surface area contributed by atoms with Crippen LogP contribution in [-0.4, -0.2) is 12.0 Å². The maximum absolute atomic E-state index is 13.1. The topological polar surface area (TPSA) is 24.9 Å². The highest BCUT2D eigenvalue weighted by molar-refractivity contribution is 7.11. The van der Waals surface area contributed by atoms with Crippen molar-refractivity contribution in [3.63, 3.8) is 0 Å². The van der Waals surface area contributed by atoms with Crippen molar-refractivity contribution < 1.29 is 8.78 Å². The Morgan fingerprint density at radius 3 is 2.67 bits per heavy atom. The van der Waals surface area contributed by atoms with Gasteiger partial charge in [0.1, 0.15) is 0 Å². The lowest BCUT2D eigenvalue weighted by molar-refractivity contribution is 0.505. The van der Waals surface area contributed by atoms with E-state index in [0.29, 0.717) is 6.42 Å². The van der Waals surface area contributed by atoms with Crippen LogP contribution in [0.2, 0.25) is 0 Å². The highest BCUT2D eigenvalue weighted by atomic mass is 32.1. The molecular formula is C13H14F2N2S. The second kappa shape index (κ2) is 5.54. The van der Waals surface area contributed by atoms with Gasteiger partial charge in [-0.3, -0.25) is 0 Å². The lowest BCUT2D eigenvalue weighted by Gasteiger charge is -2.14. The van der Waals surface area contributed by atoms with Crippen LogP contribution in [0.15, 0.2) is 24.4 Å². The number of nitrogens with zero attached hydrogens (tertiary/aromatic N) is 1. The number of likely N-dealkylation sites (N-methyl/N-ethyl adjacent to an activating group) is 1. The van der Waals surface area contributed by atoms with E-state index in [0.717, 1.165) is 21.5 Å². The number of aromatic nitrogens is 1. The summed E-state index contributed by atoms with van der Waals surface area (Å²) in [4.78, 5) is 5.30. The Morgan fingerprint density at radius 1 is 1.33 bits per heavy atom. The Labute approximate surface area is 109 Å². The summed E-state index contributed by atoms with van der Waals surface area (Å²) in [5.74, 6) is -1.61. The van der Waals surface area contributed by atoms with Crippen molar-refractivity contribution in [3.8, 4) is 0 Å². The Balaban J connectivity index is 2.17. The smallest absolute Gasteiger partial charge is 0.159 e. The minimum Gasteiger partial charge on any atom is -0.312 e. The molecule has 1 aromatic heterocycles. The quantitative estimate of drug-likeness (QED) is 0.921. The van der Waals surface area contributed by atoms with Gasteiger partial charge in [0.05, 0.1) is 5.01 Å². The molecule has 1 heterocycles. The molecule has 18 heavy (non-hydrogen) atoms. The Bertz CT molecular complexity index is 540. The van der Waals surface area contributed by atoms with E-state index in [2.05, 4.69) is 10.3 Å². The van der Waals surface area contributed by atoms with Crippen LogP contribution < -0.4 is 5.32 Å². The van der Waals surface area contributed by atoms with E-state index < -0.39 is 11.6 Å². The van der Waals surface area contributed by atoms with Crippen LogP contribution in [0.4, 0.5) is 8.78 Å². The summed E-state index contributed by atoms with van der Waals surface area (Å²) in [7, 11) is 1.85. The van der Waals surface area contributed by atoms with Gasteiger partial charge in [0.15, 0.2) is 11.6 Å². The summed E-state index contributed by atoms with van der Waals surface area (Å²) in [5, 5.41) is 4.16. The van der Waals surface area contributed by atoms with Crippen LogP contribution in [0.25, 0.3) is 0 Å². The molecule has 0 aliphatic heterocycles. The molecule has 0 saturated carbocycles. The van der Waals surface area contributed by atoms with Crippen LogP contribution in [-0.2, 0) is 6.42 Å². The highest BCUT2D eigenvalue weighted by Gasteiger charge is 2.14. The van der Waals surface area contributed by atoms with Crippen molar-refractivity contribution in [1.82, 2.24) is 10.3 Å². The molecule has 2 aromatic rings. The van der Waals surface area contributed by atoms with Gasteiger partial charge in [0, 0.05) is 17.1 Å². The fraction of sp³-hybridized carbons (Fsp3) is 0.308. The van der Waals surface area contributed by atoms with Gasteiger partial charge in [-0.15, -0.1) is 11.3 Å². The van der Waals surface area contributed by atoms with E-state index in [1.165, 1.54) is 6.07 Å². The molecule has 0 aliphatic carbocycles. The first-order valence-corrected chi connectivity index (χ1v) is 6.45. The molecule has 0 radical (unpaired) electrons. The summed E-state index contributed by atoms with van der Waals surface area (Å²) >= 11 is 1.61. The van der Waals surface area contributed by atoms with E-state index in [4.69, 9.17) is 0 Å². The van der Waals surface area contributed by atoms with Crippen molar-refractivity contribution in [2.24, 2.45) is 0 Å². The fourth-order valence-electron chi connectivity index (χ4n) is 1.79.